The van der Waals surface area contributed by atoms with E-state index in [-0.39, 0.29) is 54.4 Å². The number of rotatable bonds is 10. The van der Waals surface area contributed by atoms with Crippen LogP contribution in [0.3, 0.4) is 0 Å². The first kappa shape index (κ1) is 44.6. The van der Waals surface area contributed by atoms with Gasteiger partial charge in [-0.05, 0) is 80.6 Å². The molecule has 3 aromatic rings. The first-order chi connectivity index (χ1) is 31.7. The third kappa shape index (κ3) is 8.51. The number of piperazine rings is 1. The summed E-state index contributed by atoms with van der Waals surface area (Å²) in [6, 6.07) is 13.8. The van der Waals surface area contributed by atoms with Crippen LogP contribution < -0.4 is 35.4 Å². The summed E-state index contributed by atoms with van der Waals surface area (Å²) in [5.74, 6) is -7.00. The molecule has 2 atom stereocenters. The molecule has 1 aliphatic carbocycles. The number of imide groups is 2. The summed E-state index contributed by atoms with van der Waals surface area (Å²) in [5.41, 5.74) is 3.50. The molecule has 4 fully saturated rings. The van der Waals surface area contributed by atoms with E-state index in [0.717, 1.165) is 35.5 Å². The van der Waals surface area contributed by atoms with Gasteiger partial charge in [0.25, 0.3) is 23.6 Å². The third-order valence-electron chi connectivity index (χ3n) is 13.8. The molecule has 17 nitrogen and oxygen atoms in total. The lowest BCUT2D eigenvalue weighted by molar-refractivity contribution is -0.140. The predicted octanol–water partition coefficient (Wildman–Crippen LogP) is 3.74. The maximum atomic E-state index is 15.1. The van der Waals surface area contributed by atoms with Crippen LogP contribution >= 0.6 is 0 Å². The topological polar surface area (TPSA) is 184 Å². The lowest BCUT2D eigenvalue weighted by atomic mass is 10.0. The van der Waals surface area contributed by atoms with Crippen molar-refractivity contribution in [3.05, 3.63) is 71.3 Å². The summed E-state index contributed by atoms with van der Waals surface area (Å²) in [6.07, 6.45) is 4.92. The summed E-state index contributed by atoms with van der Waals surface area (Å²) >= 11 is 0. The minimum absolute atomic E-state index is 0.0364. The zero-order valence-electron chi connectivity index (χ0n) is 36.9. The Hall–Kier alpha value is -6.63. The monoisotopic (exact) mass is 909 g/mol. The number of nitrogens with zero attached hydrogens (tertiary/aromatic N) is 6. The van der Waals surface area contributed by atoms with Crippen LogP contribution in [0, 0.1) is 0 Å². The average Bonchev–Trinajstić information content (AvgIpc) is 3.93. The summed E-state index contributed by atoms with van der Waals surface area (Å²) in [7, 11) is 2.86. The van der Waals surface area contributed by atoms with Gasteiger partial charge in [0.2, 0.25) is 17.7 Å². The number of ether oxygens (including phenoxy) is 1. The van der Waals surface area contributed by atoms with Gasteiger partial charge >= 0.3 is 5.92 Å². The van der Waals surface area contributed by atoms with Crippen LogP contribution in [-0.2, 0) is 19.2 Å². The second-order valence-electron chi connectivity index (χ2n) is 17.9. The van der Waals surface area contributed by atoms with E-state index in [4.69, 9.17) is 4.74 Å². The summed E-state index contributed by atoms with van der Waals surface area (Å²) < 4.78 is 35.9. The Morgan fingerprint density at radius 1 is 0.848 bits per heavy atom. The molecule has 5 heterocycles. The minimum atomic E-state index is -3.54. The zero-order valence-corrected chi connectivity index (χ0v) is 36.9. The zero-order chi connectivity index (χ0) is 46.4. The number of fused-ring (bicyclic) bond motifs is 2. The minimum Gasteiger partial charge on any atom is -0.495 e. The number of anilines is 5. The first-order valence-electron chi connectivity index (χ1n) is 22.6. The smallest absolute Gasteiger partial charge is 0.342 e. The Labute approximate surface area is 380 Å². The molecule has 7 amide bonds. The molecule has 3 saturated heterocycles. The van der Waals surface area contributed by atoms with Crippen LogP contribution in [0.2, 0.25) is 0 Å². The number of piperidine rings is 2. The van der Waals surface area contributed by atoms with Gasteiger partial charge in [-0.3, -0.25) is 48.7 Å². The van der Waals surface area contributed by atoms with Gasteiger partial charge in [0.15, 0.2) is 0 Å². The second-order valence-corrected chi connectivity index (χ2v) is 17.9. The number of hydrogen-bond acceptors (Lipinski definition) is 12. The molecule has 0 bridgehead atoms. The lowest BCUT2D eigenvalue weighted by Gasteiger charge is -2.38. The molecule has 1 unspecified atom stereocenters. The van der Waals surface area contributed by atoms with E-state index in [9.17, 15) is 33.6 Å². The molecular weight excluding hydrogens is 857 g/mol. The van der Waals surface area contributed by atoms with Crippen molar-refractivity contribution >= 4 is 69.8 Å². The number of halogens is 2. The number of hydrogen-bond donors (Lipinski definition) is 3. The molecular formula is C47H53F2N9O8. The molecule has 0 spiro atoms. The van der Waals surface area contributed by atoms with Gasteiger partial charge < -0.3 is 35.0 Å². The molecule has 0 radical (unpaired) electrons. The standard InChI is InChI=1S/C47H53F2N9O8/c1-53-34-15-13-29(24-37(34)57(31-8-3-4-9-31)27-47(48,49)46(53)65)50-33-14-12-28(23-38(33)66-2)42(61)51-30-7-6-18-56(25-30)40(60)26-54-19-21-55(22-20-54)35-11-5-10-32-41(35)45(64)58(44(32)63)36-16-17-39(59)52-43(36)62/h5,10-15,23-24,30-31,36,50H,3-4,6-9,16-22,25-27H2,1-2H3,(H,51,61)(H,52,59,62)/t30-,36?/m0/s1. The van der Waals surface area contributed by atoms with Gasteiger partial charge in [-0.25, -0.2) is 0 Å². The van der Waals surface area contributed by atoms with Gasteiger partial charge in [-0.1, -0.05) is 18.9 Å². The molecule has 0 aromatic heterocycles. The number of nitrogens with one attached hydrogen (secondary N) is 3. The quantitative estimate of drug-likeness (QED) is 0.251. The fraction of sp³-hybridized carbons (Fsp3) is 0.468. The van der Waals surface area contributed by atoms with E-state index in [1.807, 2.05) is 9.80 Å². The first-order valence-corrected chi connectivity index (χ1v) is 22.6. The normalized spacial score (nSPS) is 22.5. The number of methoxy groups -OCH3 is 1. The maximum Gasteiger partial charge on any atom is 0.342 e. The average molecular weight is 910 g/mol. The van der Waals surface area contributed by atoms with Crippen molar-refractivity contribution in [2.75, 3.05) is 86.5 Å². The Kier molecular flexibility index (Phi) is 12.1. The molecule has 3 aromatic carbocycles. The molecule has 9 rings (SSSR count). The van der Waals surface area contributed by atoms with Crippen LogP contribution in [0.4, 0.5) is 37.2 Å². The Bertz CT molecular complexity index is 2490. The van der Waals surface area contributed by atoms with E-state index in [0.29, 0.717) is 91.9 Å². The van der Waals surface area contributed by atoms with Gasteiger partial charge in [0.05, 0.1) is 54.1 Å². The van der Waals surface area contributed by atoms with Crippen molar-refractivity contribution in [3.8, 4) is 5.75 Å². The van der Waals surface area contributed by atoms with Gasteiger partial charge in [0, 0.05) is 76.1 Å². The van der Waals surface area contributed by atoms with E-state index in [2.05, 4.69) is 16.0 Å². The van der Waals surface area contributed by atoms with Crippen LogP contribution in [-0.4, -0.2) is 147 Å². The number of likely N-dealkylation sites (tertiary alicyclic amines) is 1. The summed E-state index contributed by atoms with van der Waals surface area (Å²) in [4.78, 5) is 101. The fourth-order valence-electron chi connectivity index (χ4n) is 10.3. The van der Waals surface area contributed by atoms with Crippen molar-refractivity contribution in [1.29, 1.82) is 0 Å². The molecule has 6 aliphatic rings. The molecule has 5 aliphatic heterocycles. The number of amides is 7. The largest absolute Gasteiger partial charge is 0.495 e. The Balaban J connectivity index is 0.794. The van der Waals surface area contributed by atoms with E-state index >= 15 is 8.78 Å². The van der Waals surface area contributed by atoms with Crippen molar-refractivity contribution in [1.82, 2.24) is 25.3 Å². The Morgan fingerprint density at radius 2 is 1.62 bits per heavy atom. The number of carbonyl (C=O) groups is 7. The SMILES string of the molecule is COc1cc(C(=O)N[C@H]2CCCN(C(=O)CN3CCN(c4cccc5c4C(=O)N(C4CCC(=O)NC4=O)C5=O)CC3)C2)ccc1Nc1ccc2c(c1)N(C1CCCC1)CC(F)(F)C(=O)N2C. The van der Waals surface area contributed by atoms with Crippen LogP contribution in [0.1, 0.15) is 82.4 Å². The molecule has 66 heavy (non-hydrogen) atoms. The Morgan fingerprint density at radius 3 is 2.36 bits per heavy atom. The number of alkyl halides is 2. The highest BCUT2D eigenvalue weighted by Gasteiger charge is 2.49. The van der Waals surface area contributed by atoms with E-state index in [1.54, 1.807) is 64.4 Å². The second kappa shape index (κ2) is 18.0. The van der Waals surface area contributed by atoms with Crippen LogP contribution in [0.25, 0.3) is 0 Å². The maximum absolute atomic E-state index is 15.1. The number of carbonyl (C=O) groups excluding carboxylic acids is 7. The third-order valence-corrected chi connectivity index (χ3v) is 13.8. The van der Waals surface area contributed by atoms with Gasteiger partial charge in [0.1, 0.15) is 11.8 Å². The fourth-order valence-corrected chi connectivity index (χ4v) is 10.3. The van der Waals surface area contributed by atoms with Crippen molar-refractivity contribution < 1.29 is 47.1 Å². The van der Waals surface area contributed by atoms with E-state index in [1.165, 1.54) is 14.2 Å². The highest BCUT2D eigenvalue weighted by Crippen LogP contribution is 2.43. The highest BCUT2D eigenvalue weighted by atomic mass is 19.3. The molecule has 19 heteroatoms. The van der Waals surface area contributed by atoms with Crippen molar-refractivity contribution in [2.24, 2.45) is 0 Å². The van der Waals surface area contributed by atoms with Crippen molar-refractivity contribution in [2.45, 2.75) is 75.4 Å². The lowest BCUT2D eigenvalue weighted by Crippen LogP contribution is -2.54. The number of benzene rings is 3. The summed E-state index contributed by atoms with van der Waals surface area (Å²) in [5, 5.41) is 8.63. The molecule has 348 valence electrons. The van der Waals surface area contributed by atoms with Crippen molar-refractivity contribution in [3.63, 3.8) is 0 Å². The predicted molar refractivity (Wildman–Crippen MR) is 240 cm³/mol. The van der Waals surface area contributed by atoms with Gasteiger partial charge in [-0.15, -0.1) is 0 Å². The van der Waals surface area contributed by atoms with E-state index < -0.39 is 48.0 Å². The van der Waals surface area contributed by atoms with Crippen LogP contribution in [0.5, 0.6) is 5.75 Å². The summed E-state index contributed by atoms with van der Waals surface area (Å²) in [6.45, 7) is 2.43. The highest BCUT2D eigenvalue weighted by molar-refractivity contribution is 6.25. The van der Waals surface area contributed by atoms with Crippen LogP contribution in [0.15, 0.2) is 54.6 Å². The molecule has 1 saturated carbocycles. The van der Waals surface area contributed by atoms with Gasteiger partial charge in [-0.2, -0.15) is 8.78 Å². The molecule has 3 N–H and O–H groups in total.